The van der Waals surface area contributed by atoms with Crippen LogP contribution in [0.25, 0.3) is 11.3 Å². The van der Waals surface area contributed by atoms with E-state index >= 15 is 0 Å². The maximum Gasteiger partial charge on any atom is 0.416 e. The molecular weight excluding hydrogens is 427 g/mol. The molecule has 0 amide bonds. The summed E-state index contributed by atoms with van der Waals surface area (Å²) in [6.07, 6.45) is 1.05. The highest BCUT2D eigenvalue weighted by Crippen LogP contribution is 2.34. The van der Waals surface area contributed by atoms with Crippen molar-refractivity contribution in [1.29, 1.82) is 0 Å². The van der Waals surface area contributed by atoms with Gasteiger partial charge in [0.1, 0.15) is 11.5 Å². The average molecular weight is 458 g/mol. The van der Waals surface area contributed by atoms with Gasteiger partial charge in [-0.1, -0.05) is 18.2 Å². The summed E-state index contributed by atoms with van der Waals surface area (Å²) in [4.78, 5) is 6.85. The molecule has 3 rings (SSSR count). The number of aromatic nitrogens is 2. The second-order valence-corrected chi connectivity index (χ2v) is 8.57. The first kappa shape index (κ1) is 24.6. The molecule has 2 heterocycles. The monoisotopic (exact) mass is 457 g/mol. The Kier molecular flexibility index (Phi) is 7.68. The van der Waals surface area contributed by atoms with E-state index in [-0.39, 0.29) is 5.92 Å². The predicted octanol–water partition coefficient (Wildman–Crippen LogP) is 5.55. The van der Waals surface area contributed by atoms with Crippen LogP contribution in [0.2, 0.25) is 0 Å². The van der Waals surface area contributed by atoms with Crippen molar-refractivity contribution in [3.05, 3.63) is 70.7 Å². The Morgan fingerprint density at radius 1 is 1.15 bits per heavy atom. The fraction of sp³-hybridized carbons (Fsp3) is 0.400. The number of piperidine rings is 1. The third-order valence-corrected chi connectivity index (χ3v) is 5.77. The number of alkyl halides is 3. The summed E-state index contributed by atoms with van der Waals surface area (Å²) >= 11 is 0. The molecule has 8 heteroatoms. The average Bonchev–Trinajstić information content (AvgIpc) is 2.78. The maximum atomic E-state index is 13.4. The maximum absolute atomic E-state index is 13.4. The molecule has 33 heavy (non-hydrogen) atoms. The molecule has 0 bridgehead atoms. The van der Waals surface area contributed by atoms with Gasteiger partial charge in [-0.25, -0.2) is 4.99 Å². The lowest BCUT2D eigenvalue weighted by molar-refractivity contribution is -0.137. The van der Waals surface area contributed by atoms with Gasteiger partial charge < -0.3 is 10.6 Å². The lowest BCUT2D eigenvalue weighted by atomic mass is 9.91. The zero-order valence-electron chi connectivity index (χ0n) is 19.4. The van der Waals surface area contributed by atoms with E-state index in [1.54, 1.807) is 12.1 Å². The van der Waals surface area contributed by atoms with Crippen molar-refractivity contribution in [2.45, 2.75) is 45.7 Å². The molecule has 0 radical (unpaired) electrons. The summed E-state index contributed by atoms with van der Waals surface area (Å²) in [5.41, 5.74) is 8.87. The van der Waals surface area contributed by atoms with Crippen molar-refractivity contribution in [2.75, 3.05) is 20.1 Å². The van der Waals surface area contributed by atoms with Gasteiger partial charge in [-0.3, -0.25) is 0 Å². The topological polar surface area (TPSA) is 67.4 Å². The van der Waals surface area contributed by atoms with Gasteiger partial charge in [-0.2, -0.15) is 18.3 Å². The number of nitrogens with zero attached hydrogens (tertiary/aromatic N) is 4. The minimum Gasteiger partial charge on any atom is -0.384 e. The predicted molar refractivity (Wildman–Crippen MR) is 126 cm³/mol. The van der Waals surface area contributed by atoms with E-state index < -0.39 is 11.7 Å². The van der Waals surface area contributed by atoms with Crippen LogP contribution in [0.3, 0.4) is 0 Å². The summed E-state index contributed by atoms with van der Waals surface area (Å²) in [7, 11) is 2.09. The zero-order chi connectivity index (χ0) is 24.2. The van der Waals surface area contributed by atoms with Crippen molar-refractivity contribution < 1.29 is 13.2 Å². The van der Waals surface area contributed by atoms with Crippen LogP contribution < -0.4 is 5.73 Å². The van der Waals surface area contributed by atoms with E-state index in [9.17, 15) is 13.2 Å². The summed E-state index contributed by atoms with van der Waals surface area (Å²) in [5.74, 6) is 0.589. The second kappa shape index (κ2) is 10.3. The molecule has 2 N–H and O–H groups in total. The number of hydrogen-bond donors (Lipinski definition) is 1. The smallest absolute Gasteiger partial charge is 0.384 e. The third kappa shape index (κ3) is 6.07. The van der Waals surface area contributed by atoms with Crippen molar-refractivity contribution in [3.63, 3.8) is 0 Å². The molecule has 1 aromatic heterocycles. The van der Waals surface area contributed by atoms with E-state index in [1.165, 1.54) is 6.07 Å². The van der Waals surface area contributed by atoms with E-state index in [0.29, 0.717) is 28.4 Å². The van der Waals surface area contributed by atoms with Crippen LogP contribution >= 0.6 is 0 Å². The number of benzene rings is 1. The van der Waals surface area contributed by atoms with Crippen molar-refractivity contribution >= 4 is 5.71 Å². The molecule has 0 spiro atoms. The molecule has 1 saturated heterocycles. The van der Waals surface area contributed by atoms with Crippen molar-refractivity contribution in [3.8, 4) is 11.3 Å². The minimum absolute atomic E-state index is 0.232. The molecule has 0 saturated carbocycles. The lowest BCUT2D eigenvalue weighted by Crippen LogP contribution is -2.29. The Labute approximate surface area is 192 Å². The quantitative estimate of drug-likeness (QED) is 0.598. The highest BCUT2D eigenvalue weighted by Gasteiger charge is 2.31. The Hall–Kier alpha value is -3.00. The number of halogens is 3. The van der Waals surface area contributed by atoms with Gasteiger partial charge in [-0.05, 0) is 83.6 Å². The van der Waals surface area contributed by atoms with Crippen LogP contribution in [-0.4, -0.2) is 40.9 Å². The van der Waals surface area contributed by atoms with Crippen molar-refractivity contribution in [1.82, 2.24) is 15.1 Å². The van der Waals surface area contributed by atoms with Crippen molar-refractivity contribution in [2.24, 2.45) is 10.7 Å². The Bertz CT molecular complexity index is 1070. The Morgan fingerprint density at radius 3 is 2.45 bits per heavy atom. The Balaban J connectivity index is 2.20. The van der Waals surface area contributed by atoms with E-state index in [0.717, 1.165) is 49.3 Å². The first-order valence-corrected chi connectivity index (χ1v) is 11.0. The van der Waals surface area contributed by atoms with Crippen LogP contribution in [-0.2, 0) is 6.18 Å². The number of rotatable bonds is 5. The molecule has 0 unspecified atom stereocenters. The third-order valence-electron chi connectivity index (χ3n) is 5.77. The van der Waals surface area contributed by atoms with Crippen LogP contribution in [0.5, 0.6) is 0 Å². The SMILES string of the molecule is C/C=C\C(=N/C(N)=C(C)C)c1cc(C2CCN(C)CC2)nnc1-c1cccc(C(F)(F)F)c1. The molecule has 1 aromatic carbocycles. The van der Waals surface area contributed by atoms with Gasteiger partial charge in [0.2, 0.25) is 0 Å². The minimum atomic E-state index is -4.45. The molecular formula is C25H30F3N5. The van der Waals surface area contributed by atoms with E-state index in [2.05, 4.69) is 27.1 Å². The first-order valence-electron chi connectivity index (χ1n) is 11.0. The molecule has 1 fully saturated rings. The van der Waals surface area contributed by atoms with Crippen LogP contribution in [0, 0.1) is 0 Å². The highest BCUT2D eigenvalue weighted by molar-refractivity contribution is 6.12. The van der Waals surface area contributed by atoms with Gasteiger partial charge in [0.25, 0.3) is 0 Å². The van der Waals surface area contributed by atoms with Crippen LogP contribution in [0.15, 0.2) is 58.9 Å². The largest absolute Gasteiger partial charge is 0.416 e. The summed E-state index contributed by atoms with van der Waals surface area (Å²) < 4.78 is 40.1. The van der Waals surface area contributed by atoms with Crippen LogP contribution in [0.4, 0.5) is 13.2 Å². The fourth-order valence-electron chi connectivity index (χ4n) is 3.75. The molecule has 176 valence electrons. The summed E-state index contributed by atoms with van der Waals surface area (Å²) in [5, 5.41) is 8.86. The number of allylic oxidation sites excluding steroid dienone is 3. The Morgan fingerprint density at radius 2 is 1.85 bits per heavy atom. The van der Waals surface area contributed by atoms with Gasteiger partial charge in [-0.15, -0.1) is 5.10 Å². The lowest BCUT2D eigenvalue weighted by Gasteiger charge is -2.28. The molecule has 2 aromatic rings. The highest BCUT2D eigenvalue weighted by atomic mass is 19.4. The fourth-order valence-corrected chi connectivity index (χ4v) is 3.75. The van der Waals surface area contributed by atoms with Gasteiger partial charge in [0.05, 0.1) is 17.0 Å². The summed E-state index contributed by atoms with van der Waals surface area (Å²) in [6.45, 7) is 7.48. The molecule has 1 aliphatic rings. The van der Waals surface area contributed by atoms with Crippen LogP contribution in [0.1, 0.15) is 56.4 Å². The van der Waals surface area contributed by atoms with E-state index in [4.69, 9.17) is 5.73 Å². The van der Waals surface area contributed by atoms with E-state index in [1.807, 2.05) is 32.9 Å². The standard InChI is InChI=1S/C25H30F3N5/c1-5-7-21(30-24(29)16(2)3)20-15-22(17-10-12-33(4)13-11-17)31-32-23(20)18-8-6-9-19(14-18)25(26,27)28/h5-9,14-15,17H,10-13,29H2,1-4H3/b7-5-,30-21+. The molecule has 1 aliphatic heterocycles. The van der Waals surface area contributed by atoms with Gasteiger partial charge in [0, 0.05) is 17.0 Å². The van der Waals surface area contributed by atoms with Gasteiger partial charge in [0.15, 0.2) is 0 Å². The number of aliphatic imine (C=N–C) groups is 1. The number of nitrogens with two attached hydrogens (primary N) is 1. The van der Waals surface area contributed by atoms with Gasteiger partial charge >= 0.3 is 6.18 Å². The second-order valence-electron chi connectivity index (χ2n) is 8.57. The first-order chi connectivity index (χ1) is 15.6. The summed E-state index contributed by atoms with van der Waals surface area (Å²) in [6, 6.07) is 7.04. The molecule has 0 atom stereocenters. The normalized spacial score (nSPS) is 16.4. The molecule has 5 nitrogen and oxygen atoms in total. The number of likely N-dealkylation sites (tertiary alicyclic amines) is 1. The zero-order valence-corrected chi connectivity index (χ0v) is 19.4. The number of hydrogen-bond acceptors (Lipinski definition) is 5. The molecule has 0 aliphatic carbocycles.